The number of allylic oxidation sites excluding steroid dienone is 2. The summed E-state index contributed by atoms with van der Waals surface area (Å²) in [7, 11) is 2.17. The molecule has 2 aromatic rings. The zero-order chi connectivity index (χ0) is 29.4. The van der Waals surface area contributed by atoms with Crippen molar-refractivity contribution in [3.63, 3.8) is 0 Å². The predicted octanol–water partition coefficient (Wildman–Crippen LogP) is 4.92. The zero-order valence-electron chi connectivity index (χ0n) is 25.0. The Morgan fingerprint density at radius 1 is 1.00 bits per heavy atom. The second-order valence-electron chi connectivity index (χ2n) is 12.2. The molecule has 3 unspecified atom stereocenters. The van der Waals surface area contributed by atoms with Crippen molar-refractivity contribution >= 4 is 17.7 Å². The van der Waals surface area contributed by atoms with Crippen LogP contribution >= 0.6 is 11.8 Å². The van der Waals surface area contributed by atoms with Crippen molar-refractivity contribution in [1.29, 1.82) is 0 Å². The van der Waals surface area contributed by atoms with E-state index >= 15 is 0 Å². The molecule has 3 atom stereocenters. The molecule has 3 aliphatic rings. The molecule has 2 saturated heterocycles. The fourth-order valence-electron chi connectivity index (χ4n) is 5.96. The highest BCUT2D eigenvalue weighted by molar-refractivity contribution is 7.99. The minimum atomic E-state index is -0.339. The summed E-state index contributed by atoms with van der Waals surface area (Å²) < 4.78 is 5.70. The summed E-state index contributed by atoms with van der Waals surface area (Å²) >= 11 is 1.79. The van der Waals surface area contributed by atoms with Crippen molar-refractivity contribution in [3.05, 3.63) is 96.1 Å². The van der Waals surface area contributed by atoms with E-state index in [9.17, 15) is 9.90 Å². The number of benzene rings is 2. The number of ether oxygens (including phenoxy) is 1. The van der Waals surface area contributed by atoms with E-state index in [1.807, 2.05) is 48.6 Å². The number of esters is 1. The largest absolute Gasteiger partial charge is 0.423 e. The van der Waals surface area contributed by atoms with Gasteiger partial charge in [0.05, 0.1) is 11.7 Å². The molecular weight excluding hydrogens is 542 g/mol. The number of carbonyl (C=O) groups excluding carboxylic acids is 1. The third-order valence-electron chi connectivity index (χ3n) is 8.65. The van der Waals surface area contributed by atoms with E-state index in [4.69, 9.17) is 4.74 Å². The Labute approximate surface area is 255 Å². The summed E-state index contributed by atoms with van der Waals surface area (Å²) in [6.45, 7) is 10.2. The number of piperidine rings is 1. The van der Waals surface area contributed by atoms with Gasteiger partial charge in [0.25, 0.3) is 0 Å². The van der Waals surface area contributed by atoms with Crippen LogP contribution in [0.2, 0.25) is 0 Å². The van der Waals surface area contributed by atoms with Crippen LogP contribution in [-0.2, 0) is 11.2 Å². The van der Waals surface area contributed by atoms with Crippen molar-refractivity contribution in [2.45, 2.75) is 30.8 Å². The number of thioether (sulfide) groups is 1. The second kappa shape index (κ2) is 14.7. The van der Waals surface area contributed by atoms with E-state index in [2.05, 4.69) is 65.1 Å². The summed E-state index contributed by atoms with van der Waals surface area (Å²) in [5.41, 5.74) is 1.74. The smallest absolute Gasteiger partial charge is 0.343 e. The number of hydrogen-bond acceptors (Lipinski definition) is 7. The monoisotopic (exact) mass is 587 g/mol. The molecule has 7 heteroatoms. The Bertz CT molecular complexity index is 1250. The second-order valence-corrected chi connectivity index (χ2v) is 13.4. The molecule has 224 valence electrons. The van der Waals surface area contributed by atoms with Crippen LogP contribution in [0, 0.1) is 11.3 Å². The third kappa shape index (κ3) is 8.91. The summed E-state index contributed by atoms with van der Waals surface area (Å²) in [6, 6.07) is 18.2. The minimum Gasteiger partial charge on any atom is -0.423 e. The number of β-amino-alcohol motifs (C(OH)–C–C–N with tert-alkyl or cyclic N) is 1. The van der Waals surface area contributed by atoms with Gasteiger partial charge in [-0.1, -0.05) is 61.6 Å². The van der Waals surface area contributed by atoms with E-state index in [0.29, 0.717) is 17.2 Å². The summed E-state index contributed by atoms with van der Waals surface area (Å²) in [5, 5.41) is 10.7. The molecule has 0 amide bonds. The first-order valence-electron chi connectivity index (χ1n) is 15.2. The molecule has 2 aromatic carbocycles. The number of likely N-dealkylation sites (tertiary alicyclic amines) is 1. The van der Waals surface area contributed by atoms with Crippen LogP contribution in [0.25, 0.3) is 0 Å². The highest BCUT2D eigenvalue weighted by Gasteiger charge is 2.28. The minimum absolute atomic E-state index is 0.122. The topological polar surface area (TPSA) is 56.2 Å². The maximum atomic E-state index is 12.9. The van der Waals surface area contributed by atoms with Crippen LogP contribution in [0.5, 0.6) is 5.75 Å². The zero-order valence-corrected chi connectivity index (χ0v) is 25.8. The SMILES string of the molecule is CN1CCN(CC2(C)C=CC=C(C(=O)Oc3ccc(SCCN4CCC(Cc5ccccc5)C(O)C4)cc3)C=C2)CC1. The van der Waals surface area contributed by atoms with Gasteiger partial charge in [-0.2, -0.15) is 0 Å². The molecule has 0 aromatic heterocycles. The van der Waals surface area contributed by atoms with Crippen molar-refractivity contribution in [2.75, 3.05) is 65.2 Å². The Hall–Kier alpha value is -2.68. The van der Waals surface area contributed by atoms with E-state index in [1.165, 1.54) is 5.56 Å². The molecule has 0 saturated carbocycles. The highest BCUT2D eigenvalue weighted by Crippen LogP contribution is 2.28. The van der Waals surface area contributed by atoms with Crippen molar-refractivity contribution in [2.24, 2.45) is 11.3 Å². The summed E-state index contributed by atoms with van der Waals surface area (Å²) in [5.74, 6) is 1.50. The number of aliphatic hydroxyl groups is 1. The van der Waals surface area contributed by atoms with Crippen LogP contribution in [-0.4, -0.2) is 97.0 Å². The van der Waals surface area contributed by atoms with Gasteiger partial charge in [0, 0.05) is 61.9 Å². The maximum absolute atomic E-state index is 12.9. The fraction of sp³-hybridized carbons (Fsp3) is 0.457. The van der Waals surface area contributed by atoms with Crippen LogP contribution in [0.4, 0.5) is 0 Å². The van der Waals surface area contributed by atoms with Gasteiger partial charge in [-0.05, 0) is 68.3 Å². The van der Waals surface area contributed by atoms with Gasteiger partial charge in [0.15, 0.2) is 0 Å². The quantitative estimate of drug-likeness (QED) is 0.241. The molecule has 0 bridgehead atoms. The van der Waals surface area contributed by atoms with Crippen molar-refractivity contribution in [1.82, 2.24) is 14.7 Å². The molecule has 1 aliphatic carbocycles. The van der Waals surface area contributed by atoms with E-state index in [-0.39, 0.29) is 17.5 Å². The first-order chi connectivity index (χ1) is 20.3. The standard InChI is InChI=1S/C35H45N3O3S/c1-35(27-38-21-19-36(2)20-22-38)16-6-9-29(14-17-35)34(40)41-31-10-12-32(13-11-31)42-24-23-37-18-15-30(33(39)26-37)25-28-7-4-3-5-8-28/h3-14,16-17,30,33,39H,15,18-27H2,1-2H3. The molecule has 2 heterocycles. The first-order valence-corrected chi connectivity index (χ1v) is 16.2. The van der Waals surface area contributed by atoms with Crippen LogP contribution in [0.1, 0.15) is 18.9 Å². The number of nitrogens with zero attached hydrogens (tertiary/aromatic N) is 3. The maximum Gasteiger partial charge on any atom is 0.343 e. The fourth-order valence-corrected chi connectivity index (χ4v) is 6.87. The first kappa shape index (κ1) is 30.8. The lowest BCUT2D eigenvalue weighted by molar-refractivity contribution is -0.129. The van der Waals surface area contributed by atoms with Gasteiger partial charge in [-0.3, -0.25) is 9.80 Å². The Morgan fingerprint density at radius 2 is 1.76 bits per heavy atom. The van der Waals surface area contributed by atoms with Crippen LogP contribution in [0.15, 0.2) is 95.4 Å². The summed E-state index contributed by atoms with van der Waals surface area (Å²) in [4.78, 5) is 21.3. The van der Waals surface area contributed by atoms with Crippen molar-refractivity contribution in [3.8, 4) is 5.75 Å². The molecule has 1 N–H and O–H groups in total. The molecule has 0 radical (unpaired) electrons. The predicted molar refractivity (Wildman–Crippen MR) is 172 cm³/mol. The lowest BCUT2D eigenvalue weighted by atomic mass is 9.88. The number of rotatable bonds is 10. The average molecular weight is 588 g/mol. The third-order valence-corrected chi connectivity index (χ3v) is 9.64. The van der Waals surface area contributed by atoms with Gasteiger partial charge < -0.3 is 14.7 Å². The van der Waals surface area contributed by atoms with Gasteiger partial charge in [0.2, 0.25) is 0 Å². The van der Waals surface area contributed by atoms with Crippen molar-refractivity contribution < 1.29 is 14.6 Å². The van der Waals surface area contributed by atoms with E-state index < -0.39 is 0 Å². The van der Waals surface area contributed by atoms with Gasteiger partial charge in [0.1, 0.15) is 5.75 Å². The lowest BCUT2D eigenvalue weighted by Crippen LogP contribution is -2.47. The Balaban J connectivity index is 1.03. The molecule has 5 rings (SSSR count). The highest BCUT2D eigenvalue weighted by atomic mass is 32.2. The van der Waals surface area contributed by atoms with Gasteiger partial charge in [-0.15, -0.1) is 11.8 Å². The summed E-state index contributed by atoms with van der Waals surface area (Å²) in [6.07, 6.45) is 11.7. The Morgan fingerprint density at radius 3 is 2.50 bits per heavy atom. The number of likely N-dealkylation sites (N-methyl/N-ethyl adjacent to an activating group) is 1. The van der Waals surface area contributed by atoms with E-state index in [0.717, 1.165) is 75.8 Å². The number of hydrogen-bond donors (Lipinski definition) is 1. The van der Waals surface area contributed by atoms with Crippen LogP contribution < -0.4 is 4.74 Å². The molecular formula is C35H45N3O3S. The van der Waals surface area contributed by atoms with E-state index in [1.54, 1.807) is 11.8 Å². The van der Waals surface area contributed by atoms with Gasteiger partial charge >= 0.3 is 5.97 Å². The molecule has 2 aliphatic heterocycles. The molecule has 2 fully saturated rings. The molecule has 0 spiro atoms. The van der Waals surface area contributed by atoms with Gasteiger partial charge in [-0.25, -0.2) is 4.79 Å². The Kier molecular flexibility index (Phi) is 10.7. The molecule has 42 heavy (non-hydrogen) atoms. The molecule has 6 nitrogen and oxygen atoms in total. The number of aliphatic hydroxyl groups excluding tert-OH is 1. The lowest BCUT2D eigenvalue weighted by Gasteiger charge is -2.36. The van der Waals surface area contributed by atoms with Crippen LogP contribution in [0.3, 0.4) is 0 Å². The number of piperazine rings is 1. The normalized spacial score (nSPS) is 25.6. The number of carbonyl (C=O) groups is 1. The average Bonchev–Trinajstić information content (AvgIpc) is 3.19.